The molecule has 0 bridgehead atoms. The first kappa shape index (κ1) is 34.8. The summed E-state index contributed by atoms with van der Waals surface area (Å²) in [4.78, 5) is 29.1. The van der Waals surface area contributed by atoms with Gasteiger partial charge < -0.3 is 58.1 Å². The van der Waals surface area contributed by atoms with E-state index in [1.165, 1.54) is 21.3 Å². The Kier molecular flexibility index (Phi) is 38.7. The molecule has 0 aromatic heterocycles. The smallest absolute Gasteiger partial charge is 0.548 e. The van der Waals surface area contributed by atoms with Gasteiger partial charge in [-0.1, -0.05) is 0 Å². The number of hydrogen-bond donors (Lipinski definition) is 0. The van der Waals surface area contributed by atoms with Gasteiger partial charge in [0.1, 0.15) is 0 Å². The SMILES string of the molecule is COCCOCC(=O)[O-].COCCOCC(=O)[O-].COCCOCC(=O)[O-].[La+3]. The molecule has 0 spiro atoms. The van der Waals surface area contributed by atoms with Gasteiger partial charge in [0.05, 0.1) is 77.4 Å². The molecule has 0 amide bonds. The Morgan fingerprint density at radius 2 is 0.750 bits per heavy atom. The first-order valence-corrected chi connectivity index (χ1v) is 7.61. The van der Waals surface area contributed by atoms with E-state index in [-0.39, 0.29) is 55.4 Å². The maximum absolute atomic E-state index is 9.69. The van der Waals surface area contributed by atoms with E-state index in [0.717, 1.165) is 0 Å². The first-order chi connectivity index (χ1) is 12.8. The number of methoxy groups -OCH3 is 3. The number of carboxylic acids is 3. The summed E-state index contributed by atoms with van der Waals surface area (Å²) in [5, 5.41) is 29.1. The molecule has 0 aliphatic carbocycles. The monoisotopic (exact) mass is 538 g/mol. The second-order valence-electron chi connectivity index (χ2n) is 4.25. The topological polar surface area (TPSA) is 176 Å². The van der Waals surface area contributed by atoms with Crippen LogP contribution in [0, 0.1) is 35.6 Å². The summed E-state index contributed by atoms with van der Waals surface area (Å²) in [6.07, 6.45) is 0. The van der Waals surface area contributed by atoms with Crippen LogP contribution in [0.4, 0.5) is 0 Å². The van der Waals surface area contributed by atoms with Crippen molar-refractivity contribution in [3.8, 4) is 0 Å². The van der Waals surface area contributed by atoms with Gasteiger partial charge >= 0.3 is 35.6 Å². The molecule has 0 saturated carbocycles. The van der Waals surface area contributed by atoms with Crippen LogP contribution in [-0.2, 0) is 42.8 Å². The number of aliphatic carboxylic acids is 3. The van der Waals surface area contributed by atoms with Crippen molar-refractivity contribution in [2.24, 2.45) is 0 Å². The van der Waals surface area contributed by atoms with Crippen LogP contribution in [0.5, 0.6) is 0 Å². The number of carbonyl (C=O) groups excluding carboxylic acids is 3. The Morgan fingerprint density at radius 1 is 0.536 bits per heavy atom. The van der Waals surface area contributed by atoms with Gasteiger partial charge in [-0.3, -0.25) is 0 Å². The van der Waals surface area contributed by atoms with Gasteiger partial charge in [0.25, 0.3) is 0 Å². The minimum absolute atomic E-state index is 0. The molecule has 0 aliphatic rings. The van der Waals surface area contributed by atoms with Crippen LogP contribution in [0.3, 0.4) is 0 Å². The summed E-state index contributed by atoms with van der Waals surface area (Å²) in [5.74, 6) is -3.61. The number of hydrogen-bond acceptors (Lipinski definition) is 12. The van der Waals surface area contributed by atoms with E-state index in [9.17, 15) is 29.7 Å². The third-order valence-corrected chi connectivity index (χ3v) is 1.96. The van der Waals surface area contributed by atoms with Crippen molar-refractivity contribution in [3.05, 3.63) is 0 Å². The molecule has 28 heavy (non-hydrogen) atoms. The number of ether oxygens (including phenoxy) is 6. The van der Waals surface area contributed by atoms with E-state index in [1.807, 2.05) is 0 Å². The number of rotatable bonds is 15. The molecular formula is C15H27LaO12. The van der Waals surface area contributed by atoms with Crippen molar-refractivity contribution in [2.75, 3.05) is 80.8 Å². The summed E-state index contributed by atoms with van der Waals surface area (Å²) >= 11 is 0. The van der Waals surface area contributed by atoms with E-state index in [1.54, 1.807) is 0 Å². The Hall–Kier alpha value is -0.635. The van der Waals surface area contributed by atoms with Crippen LogP contribution in [0.25, 0.3) is 0 Å². The number of carboxylic acid groups (broad SMARTS) is 3. The van der Waals surface area contributed by atoms with Crippen molar-refractivity contribution in [1.82, 2.24) is 0 Å². The van der Waals surface area contributed by atoms with Crippen LogP contribution < -0.4 is 15.3 Å². The summed E-state index contributed by atoms with van der Waals surface area (Å²) in [6.45, 7) is 1.04. The van der Waals surface area contributed by atoms with E-state index in [0.29, 0.717) is 39.6 Å². The van der Waals surface area contributed by atoms with Crippen molar-refractivity contribution in [1.29, 1.82) is 0 Å². The predicted molar refractivity (Wildman–Crippen MR) is 83.1 cm³/mol. The van der Waals surface area contributed by atoms with Crippen LogP contribution in [0.15, 0.2) is 0 Å². The minimum Gasteiger partial charge on any atom is -0.548 e. The summed E-state index contributed by atoms with van der Waals surface area (Å²) in [5.41, 5.74) is 0. The molecule has 0 N–H and O–H groups in total. The van der Waals surface area contributed by atoms with Crippen LogP contribution in [0.2, 0.25) is 0 Å². The van der Waals surface area contributed by atoms with Gasteiger partial charge in [0.2, 0.25) is 0 Å². The quantitative estimate of drug-likeness (QED) is 0.182. The Balaban J connectivity index is -0.000000152. The molecule has 0 unspecified atom stereocenters. The second-order valence-corrected chi connectivity index (χ2v) is 4.25. The summed E-state index contributed by atoms with van der Waals surface area (Å²) in [7, 11) is 4.55. The van der Waals surface area contributed by atoms with Gasteiger partial charge in [0, 0.05) is 21.3 Å². The third-order valence-electron chi connectivity index (χ3n) is 1.96. The Morgan fingerprint density at radius 3 is 0.893 bits per heavy atom. The third kappa shape index (κ3) is 49.9. The maximum atomic E-state index is 9.69. The zero-order chi connectivity index (χ0) is 21.3. The van der Waals surface area contributed by atoms with Gasteiger partial charge in [-0.2, -0.15) is 0 Å². The molecule has 0 aliphatic heterocycles. The number of carbonyl (C=O) groups is 3. The van der Waals surface area contributed by atoms with Gasteiger partial charge in [0.15, 0.2) is 0 Å². The van der Waals surface area contributed by atoms with Crippen molar-refractivity contribution < 1.29 is 93.7 Å². The normalized spacial score (nSPS) is 9.11. The van der Waals surface area contributed by atoms with Crippen molar-refractivity contribution in [2.45, 2.75) is 0 Å². The molecule has 0 heterocycles. The Labute approximate surface area is 192 Å². The molecule has 0 aromatic carbocycles. The van der Waals surface area contributed by atoms with Crippen LogP contribution in [0.1, 0.15) is 0 Å². The largest absolute Gasteiger partial charge is 3.00 e. The van der Waals surface area contributed by atoms with Gasteiger partial charge in [-0.05, 0) is 0 Å². The Bertz CT molecular complexity index is 302. The zero-order valence-electron chi connectivity index (χ0n) is 16.3. The molecule has 0 rings (SSSR count). The first-order valence-electron chi connectivity index (χ1n) is 7.61. The van der Waals surface area contributed by atoms with Gasteiger partial charge in [-0.25, -0.2) is 0 Å². The molecule has 0 saturated heterocycles. The van der Waals surface area contributed by atoms with E-state index >= 15 is 0 Å². The fourth-order valence-corrected chi connectivity index (χ4v) is 0.893. The average molecular weight is 538 g/mol. The molecule has 0 fully saturated rings. The van der Waals surface area contributed by atoms with Crippen LogP contribution in [-0.4, -0.2) is 98.7 Å². The van der Waals surface area contributed by atoms with Crippen molar-refractivity contribution in [3.63, 3.8) is 0 Å². The minimum atomic E-state index is -1.20. The van der Waals surface area contributed by atoms with Crippen LogP contribution >= 0.6 is 0 Å². The molecule has 162 valence electrons. The van der Waals surface area contributed by atoms with Gasteiger partial charge in [-0.15, -0.1) is 0 Å². The fourth-order valence-electron chi connectivity index (χ4n) is 0.893. The second kappa shape index (κ2) is 31.1. The standard InChI is InChI=1S/3C5H10O4.La/c3*1-8-2-3-9-4-5(6)7;/h3*2-4H2,1H3,(H,6,7);/q;;;+3/p-3. The maximum Gasteiger partial charge on any atom is 3.00 e. The average Bonchev–Trinajstić information content (AvgIpc) is 2.60. The molecular weight excluding hydrogens is 511 g/mol. The summed E-state index contributed by atoms with van der Waals surface area (Å²) < 4.78 is 27.4. The molecule has 0 radical (unpaired) electrons. The molecule has 12 nitrogen and oxygen atoms in total. The summed E-state index contributed by atoms with van der Waals surface area (Å²) in [6, 6.07) is 0. The fraction of sp³-hybridized carbons (Fsp3) is 0.800. The predicted octanol–water partition coefficient (Wildman–Crippen LogP) is -4.80. The van der Waals surface area contributed by atoms with Crippen molar-refractivity contribution >= 4 is 17.9 Å². The van der Waals surface area contributed by atoms with E-state index in [4.69, 9.17) is 0 Å². The molecule has 0 aromatic rings. The van der Waals surface area contributed by atoms with E-state index < -0.39 is 17.9 Å². The molecule has 0 atom stereocenters. The zero-order valence-corrected chi connectivity index (χ0v) is 20.0. The van der Waals surface area contributed by atoms with E-state index in [2.05, 4.69) is 28.4 Å². The molecule has 13 heteroatoms.